The van der Waals surface area contributed by atoms with Gasteiger partial charge in [-0.3, -0.25) is 0 Å². The zero-order valence-corrected chi connectivity index (χ0v) is 7.91. The highest BCUT2D eigenvalue weighted by Gasteiger charge is 2.11. The van der Waals surface area contributed by atoms with E-state index in [9.17, 15) is 0 Å². The lowest BCUT2D eigenvalue weighted by Crippen LogP contribution is -2.04. The van der Waals surface area contributed by atoms with Crippen molar-refractivity contribution < 1.29 is 4.52 Å². The fourth-order valence-electron chi connectivity index (χ4n) is 0.929. The van der Waals surface area contributed by atoms with E-state index in [-0.39, 0.29) is 6.04 Å². The van der Waals surface area contributed by atoms with E-state index in [4.69, 9.17) is 10.3 Å². The molecule has 5 heteroatoms. The Labute approximate surface area is 79.4 Å². The molecule has 0 spiro atoms. The highest BCUT2D eigenvalue weighted by atomic mass is 32.1. The molecule has 0 aromatic carbocycles. The molecule has 1 atom stereocenters. The van der Waals surface area contributed by atoms with Gasteiger partial charge in [-0.1, -0.05) is 5.16 Å². The molecule has 2 N–H and O–H groups in total. The number of nitrogens with two attached hydrogens (primary N) is 1. The molecular formula is C8H9N3OS. The van der Waals surface area contributed by atoms with Crippen LogP contribution in [0.25, 0.3) is 11.4 Å². The third-order valence-electron chi connectivity index (χ3n) is 1.61. The normalized spacial score (nSPS) is 13.1. The summed E-state index contributed by atoms with van der Waals surface area (Å²) in [5.41, 5.74) is 6.56. The van der Waals surface area contributed by atoms with E-state index in [0.29, 0.717) is 11.7 Å². The van der Waals surface area contributed by atoms with Crippen molar-refractivity contribution in [3.05, 3.63) is 22.7 Å². The van der Waals surface area contributed by atoms with Gasteiger partial charge in [0.05, 0.1) is 6.04 Å². The summed E-state index contributed by atoms with van der Waals surface area (Å²) in [5, 5.41) is 7.76. The Kier molecular flexibility index (Phi) is 2.12. The minimum atomic E-state index is -0.208. The molecule has 0 amide bonds. The quantitative estimate of drug-likeness (QED) is 0.793. The second-order valence-corrected chi connectivity index (χ2v) is 3.54. The van der Waals surface area contributed by atoms with Gasteiger partial charge >= 0.3 is 0 Å². The van der Waals surface area contributed by atoms with Gasteiger partial charge in [-0.2, -0.15) is 16.3 Å². The third-order valence-corrected chi connectivity index (χ3v) is 2.29. The van der Waals surface area contributed by atoms with Crippen molar-refractivity contribution in [3.8, 4) is 11.4 Å². The van der Waals surface area contributed by atoms with Gasteiger partial charge in [-0.15, -0.1) is 0 Å². The summed E-state index contributed by atoms with van der Waals surface area (Å²) in [7, 11) is 0. The van der Waals surface area contributed by atoms with Crippen molar-refractivity contribution in [1.29, 1.82) is 0 Å². The van der Waals surface area contributed by atoms with E-state index in [2.05, 4.69) is 10.1 Å². The topological polar surface area (TPSA) is 64.9 Å². The SMILES string of the molecule is CC(N)c1nc(-c2ccsc2)no1. The Hall–Kier alpha value is -1.20. The van der Waals surface area contributed by atoms with Crippen LogP contribution in [-0.2, 0) is 0 Å². The van der Waals surface area contributed by atoms with E-state index in [1.54, 1.807) is 11.3 Å². The summed E-state index contributed by atoms with van der Waals surface area (Å²) in [6, 6.07) is 1.74. The summed E-state index contributed by atoms with van der Waals surface area (Å²) in [6.07, 6.45) is 0. The molecule has 4 nitrogen and oxygen atoms in total. The first-order valence-corrected chi connectivity index (χ1v) is 4.83. The average Bonchev–Trinajstić information content (AvgIpc) is 2.75. The van der Waals surface area contributed by atoms with Crippen LogP contribution in [0, 0.1) is 0 Å². The van der Waals surface area contributed by atoms with E-state index in [1.165, 1.54) is 0 Å². The van der Waals surface area contributed by atoms with Crippen LogP contribution < -0.4 is 5.73 Å². The number of rotatable bonds is 2. The summed E-state index contributed by atoms with van der Waals surface area (Å²) < 4.78 is 4.97. The molecule has 2 aromatic rings. The average molecular weight is 195 g/mol. The Morgan fingerprint density at radius 2 is 2.46 bits per heavy atom. The lowest BCUT2D eigenvalue weighted by molar-refractivity contribution is 0.362. The lowest BCUT2D eigenvalue weighted by atomic mass is 10.3. The predicted molar refractivity (Wildman–Crippen MR) is 50.2 cm³/mol. The lowest BCUT2D eigenvalue weighted by Gasteiger charge is -1.92. The van der Waals surface area contributed by atoms with Crippen LogP contribution in [0.4, 0.5) is 0 Å². The number of aromatic nitrogens is 2. The Morgan fingerprint density at radius 3 is 3.00 bits per heavy atom. The summed E-state index contributed by atoms with van der Waals surface area (Å²) in [5.74, 6) is 1.08. The van der Waals surface area contributed by atoms with E-state index >= 15 is 0 Å². The predicted octanol–water partition coefficient (Wildman–Crippen LogP) is 1.82. The summed E-state index contributed by atoms with van der Waals surface area (Å²) >= 11 is 1.60. The first kappa shape index (κ1) is 8.40. The molecule has 0 aliphatic heterocycles. The maximum atomic E-state index is 5.59. The number of thiophene rings is 1. The molecule has 2 aromatic heterocycles. The van der Waals surface area contributed by atoms with Crippen molar-refractivity contribution in [3.63, 3.8) is 0 Å². The molecule has 1 unspecified atom stereocenters. The maximum Gasteiger partial charge on any atom is 0.243 e. The van der Waals surface area contributed by atoms with Crippen LogP contribution in [0.1, 0.15) is 18.9 Å². The molecular weight excluding hydrogens is 186 g/mol. The molecule has 0 saturated heterocycles. The fourth-order valence-corrected chi connectivity index (χ4v) is 1.56. The van der Waals surface area contributed by atoms with Gasteiger partial charge in [0.15, 0.2) is 0 Å². The van der Waals surface area contributed by atoms with Crippen LogP contribution in [0.15, 0.2) is 21.3 Å². The zero-order valence-electron chi connectivity index (χ0n) is 7.10. The standard InChI is InChI=1S/C8H9N3OS/c1-5(9)8-10-7(11-12-8)6-2-3-13-4-6/h2-5H,9H2,1H3. The zero-order chi connectivity index (χ0) is 9.26. The van der Waals surface area contributed by atoms with E-state index < -0.39 is 0 Å². The van der Waals surface area contributed by atoms with Gasteiger partial charge in [0.2, 0.25) is 11.7 Å². The Morgan fingerprint density at radius 1 is 1.62 bits per heavy atom. The largest absolute Gasteiger partial charge is 0.337 e. The van der Waals surface area contributed by atoms with Gasteiger partial charge in [0, 0.05) is 10.9 Å². The minimum absolute atomic E-state index is 0.208. The van der Waals surface area contributed by atoms with Gasteiger partial charge in [-0.05, 0) is 18.4 Å². The Bertz CT molecular complexity index is 380. The van der Waals surface area contributed by atoms with Crippen molar-refractivity contribution in [1.82, 2.24) is 10.1 Å². The molecule has 0 aliphatic rings. The van der Waals surface area contributed by atoms with Crippen LogP contribution in [0.5, 0.6) is 0 Å². The smallest absolute Gasteiger partial charge is 0.243 e. The van der Waals surface area contributed by atoms with Gasteiger partial charge < -0.3 is 10.3 Å². The molecule has 0 aliphatic carbocycles. The molecule has 68 valence electrons. The highest BCUT2D eigenvalue weighted by molar-refractivity contribution is 7.08. The van der Waals surface area contributed by atoms with Gasteiger partial charge in [-0.25, -0.2) is 0 Å². The van der Waals surface area contributed by atoms with Crippen LogP contribution in [0.3, 0.4) is 0 Å². The van der Waals surface area contributed by atoms with Gasteiger partial charge in [0.1, 0.15) is 0 Å². The van der Waals surface area contributed by atoms with Crippen LogP contribution in [-0.4, -0.2) is 10.1 Å². The molecule has 0 radical (unpaired) electrons. The van der Waals surface area contributed by atoms with Crippen LogP contribution >= 0.6 is 11.3 Å². The molecule has 0 saturated carbocycles. The second kappa shape index (κ2) is 3.27. The minimum Gasteiger partial charge on any atom is -0.337 e. The monoisotopic (exact) mass is 195 g/mol. The molecule has 2 rings (SSSR count). The molecule has 2 heterocycles. The van der Waals surface area contributed by atoms with E-state index in [1.807, 2.05) is 23.8 Å². The fraction of sp³-hybridized carbons (Fsp3) is 0.250. The third kappa shape index (κ3) is 1.61. The number of nitrogens with zero attached hydrogens (tertiary/aromatic N) is 2. The molecule has 0 bridgehead atoms. The maximum absolute atomic E-state index is 5.59. The van der Waals surface area contributed by atoms with Crippen molar-refractivity contribution in [2.75, 3.05) is 0 Å². The summed E-state index contributed by atoms with van der Waals surface area (Å²) in [6.45, 7) is 1.81. The highest BCUT2D eigenvalue weighted by Crippen LogP contribution is 2.19. The van der Waals surface area contributed by atoms with Crippen molar-refractivity contribution >= 4 is 11.3 Å². The number of hydrogen-bond donors (Lipinski definition) is 1. The van der Waals surface area contributed by atoms with Crippen molar-refractivity contribution in [2.45, 2.75) is 13.0 Å². The Balaban J connectivity index is 2.33. The molecule has 0 fully saturated rings. The van der Waals surface area contributed by atoms with E-state index in [0.717, 1.165) is 5.56 Å². The second-order valence-electron chi connectivity index (χ2n) is 2.76. The van der Waals surface area contributed by atoms with Crippen LogP contribution in [0.2, 0.25) is 0 Å². The summed E-state index contributed by atoms with van der Waals surface area (Å²) in [4.78, 5) is 4.16. The van der Waals surface area contributed by atoms with Gasteiger partial charge in [0.25, 0.3) is 0 Å². The number of hydrogen-bond acceptors (Lipinski definition) is 5. The van der Waals surface area contributed by atoms with Crippen molar-refractivity contribution in [2.24, 2.45) is 5.73 Å². The first-order chi connectivity index (χ1) is 6.27. The first-order valence-electron chi connectivity index (χ1n) is 3.89. The molecule has 13 heavy (non-hydrogen) atoms.